The first-order valence-electron chi connectivity index (χ1n) is 11.6. The number of thioether (sulfide) groups is 1. The monoisotopic (exact) mass is 452 g/mol. The minimum absolute atomic E-state index is 0.00585. The van der Waals surface area contributed by atoms with Crippen LogP contribution in [0, 0.1) is 6.92 Å². The molecule has 5 nitrogen and oxygen atoms in total. The maximum atomic E-state index is 12.9. The number of nitrogens with zero attached hydrogens (tertiary/aromatic N) is 2. The quantitative estimate of drug-likeness (QED) is 0.668. The summed E-state index contributed by atoms with van der Waals surface area (Å²) in [5.74, 6) is 0.974. The van der Waals surface area contributed by atoms with Gasteiger partial charge in [-0.05, 0) is 50.8 Å². The van der Waals surface area contributed by atoms with Crippen LogP contribution in [0.5, 0.6) is 0 Å². The number of likely N-dealkylation sites (N-methyl/N-ethyl adjacent to an activating group) is 1. The van der Waals surface area contributed by atoms with Crippen molar-refractivity contribution in [3.05, 3.63) is 47.1 Å². The molecule has 172 valence electrons. The van der Waals surface area contributed by atoms with Crippen molar-refractivity contribution in [2.45, 2.75) is 76.9 Å². The fraction of sp³-hybridized carbons (Fsp3) is 0.538. The van der Waals surface area contributed by atoms with Gasteiger partial charge in [-0.2, -0.15) is 0 Å². The highest BCUT2D eigenvalue weighted by Gasteiger charge is 2.33. The first-order chi connectivity index (χ1) is 15.1. The average Bonchev–Trinajstić information content (AvgIpc) is 3.19. The lowest BCUT2D eigenvalue weighted by Crippen LogP contribution is -2.48. The average molecular weight is 453 g/mol. The van der Waals surface area contributed by atoms with Crippen molar-refractivity contribution in [2.24, 2.45) is 0 Å². The molecule has 2 N–H and O–H groups in total. The van der Waals surface area contributed by atoms with E-state index in [1.165, 1.54) is 16.6 Å². The molecule has 1 aliphatic carbocycles. The molecule has 0 radical (unpaired) electrons. The van der Waals surface area contributed by atoms with Crippen molar-refractivity contribution in [2.75, 3.05) is 18.1 Å². The van der Waals surface area contributed by atoms with Crippen LogP contribution >= 0.6 is 11.8 Å². The van der Waals surface area contributed by atoms with Crippen LogP contribution in [0.15, 0.2) is 35.9 Å². The van der Waals surface area contributed by atoms with Crippen LogP contribution in [0.25, 0.3) is 10.9 Å². The Kier molecular flexibility index (Phi) is 6.44. The molecule has 1 unspecified atom stereocenters. The zero-order chi connectivity index (χ0) is 23.0. The summed E-state index contributed by atoms with van der Waals surface area (Å²) >= 11 is 1.64. The van der Waals surface area contributed by atoms with Crippen LogP contribution < -0.4 is 10.6 Å². The molecule has 2 aliphatic rings. The second-order valence-corrected chi connectivity index (χ2v) is 11.5. The Morgan fingerprint density at radius 1 is 1.22 bits per heavy atom. The molecular formula is C26H36N4OS. The molecule has 1 amide bonds. The van der Waals surface area contributed by atoms with Crippen molar-refractivity contribution >= 4 is 34.3 Å². The van der Waals surface area contributed by atoms with Gasteiger partial charge in [-0.1, -0.05) is 39.0 Å². The molecule has 32 heavy (non-hydrogen) atoms. The summed E-state index contributed by atoms with van der Waals surface area (Å²) in [4.78, 5) is 19.8. The van der Waals surface area contributed by atoms with Crippen LogP contribution in [0.1, 0.15) is 57.7 Å². The van der Waals surface area contributed by atoms with Gasteiger partial charge in [-0.25, -0.2) is 0 Å². The van der Waals surface area contributed by atoms with E-state index in [1.807, 2.05) is 11.9 Å². The van der Waals surface area contributed by atoms with Crippen LogP contribution in [0.3, 0.4) is 0 Å². The van der Waals surface area contributed by atoms with E-state index in [0.717, 1.165) is 47.7 Å². The molecule has 2 heterocycles. The molecule has 1 saturated carbocycles. The van der Waals surface area contributed by atoms with E-state index < -0.39 is 0 Å². The number of carbonyl (C=O) groups is 1. The zero-order valence-corrected chi connectivity index (χ0v) is 20.8. The smallest absolute Gasteiger partial charge is 0.245 e. The van der Waals surface area contributed by atoms with E-state index in [0.29, 0.717) is 12.1 Å². The van der Waals surface area contributed by atoms with Gasteiger partial charge in [0, 0.05) is 47.1 Å². The molecule has 1 aromatic carbocycles. The number of pyridine rings is 1. The third kappa shape index (κ3) is 4.90. The van der Waals surface area contributed by atoms with Crippen molar-refractivity contribution in [3.63, 3.8) is 0 Å². The first kappa shape index (κ1) is 23.0. The Morgan fingerprint density at radius 2 is 1.94 bits per heavy atom. The van der Waals surface area contributed by atoms with Gasteiger partial charge in [-0.15, -0.1) is 11.8 Å². The normalized spacial score (nSPS) is 23.8. The maximum Gasteiger partial charge on any atom is 0.245 e. The number of aromatic nitrogens is 1. The molecule has 4 rings (SSSR count). The predicted octanol–water partition coefficient (Wildman–Crippen LogP) is 5.20. The lowest BCUT2D eigenvalue weighted by Gasteiger charge is -2.36. The zero-order valence-electron chi connectivity index (χ0n) is 20.0. The van der Waals surface area contributed by atoms with Crippen molar-refractivity contribution in [3.8, 4) is 0 Å². The maximum absolute atomic E-state index is 12.9. The standard InChI is InChI=1S/C26H36N4OS/c1-16-7-12-21-20(13-16)22(14-24(29-21)26(3,4)5)28-18-8-10-19(11-9-18)30(6)25(31)23-15-32-17(2)27-23/h7,12-14,18-19,23,27H,2,8-11,15H2,1,3-6H3,(H,28,29). The van der Waals surface area contributed by atoms with E-state index in [9.17, 15) is 4.79 Å². The van der Waals surface area contributed by atoms with E-state index in [2.05, 4.69) is 69.2 Å². The highest BCUT2D eigenvalue weighted by atomic mass is 32.2. The molecule has 2 fully saturated rings. The highest BCUT2D eigenvalue weighted by Crippen LogP contribution is 2.33. The van der Waals surface area contributed by atoms with E-state index in [-0.39, 0.29) is 17.4 Å². The van der Waals surface area contributed by atoms with Gasteiger partial charge in [0.15, 0.2) is 0 Å². The van der Waals surface area contributed by atoms with Crippen LogP contribution in [-0.2, 0) is 10.2 Å². The number of aryl methyl sites for hydroxylation is 1. The Labute approximate surface area is 196 Å². The lowest BCUT2D eigenvalue weighted by molar-refractivity contribution is -0.133. The minimum atomic E-state index is -0.129. The second kappa shape index (κ2) is 8.97. The second-order valence-electron chi connectivity index (χ2n) is 10.4. The number of amides is 1. The summed E-state index contributed by atoms with van der Waals surface area (Å²) < 4.78 is 0. The Morgan fingerprint density at radius 3 is 2.56 bits per heavy atom. The minimum Gasteiger partial charge on any atom is -0.382 e. The number of benzene rings is 1. The summed E-state index contributed by atoms with van der Waals surface area (Å²) in [7, 11) is 1.96. The summed E-state index contributed by atoms with van der Waals surface area (Å²) in [5.41, 5.74) is 4.58. The van der Waals surface area contributed by atoms with Crippen molar-refractivity contribution < 1.29 is 4.79 Å². The predicted molar refractivity (Wildman–Crippen MR) is 136 cm³/mol. The van der Waals surface area contributed by atoms with Crippen molar-refractivity contribution in [1.29, 1.82) is 0 Å². The molecule has 0 spiro atoms. The SMILES string of the molecule is C=C1NC(C(=O)N(C)C2CCC(Nc3cc(C(C)(C)C)nc4ccc(C)cc34)CC2)CS1. The first-order valence-corrected chi connectivity index (χ1v) is 12.6. The molecule has 1 aliphatic heterocycles. The van der Waals surface area contributed by atoms with E-state index >= 15 is 0 Å². The van der Waals surface area contributed by atoms with Crippen LogP contribution in [0.4, 0.5) is 5.69 Å². The largest absolute Gasteiger partial charge is 0.382 e. The third-order valence-corrected chi connectivity index (χ3v) is 7.71. The molecule has 1 aromatic heterocycles. The Bertz CT molecular complexity index is 1020. The highest BCUT2D eigenvalue weighted by molar-refractivity contribution is 8.03. The van der Waals surface area contributed by atoms with Crippen LogP contribution in [0.2, 0.25) is 0 Å². The van der Waals surface area contributed by atoms with Gasteiger partial charge >= 0.3 is 0 Å². The molecule has 1 saturated heterocycles. The van der Waals surface area contributed by atoms with Gasteiger partial charge < -0.3 is 15.5 Å². The number of anilines is 1. The molecule has 0 bridgehead atoms. The fourth-order valence-corrected chi connectivity index (χ4v) is 5.51. The summed E-state index contributed by atoms with van der Waals surface area (Å²) in [5, 5.41) is 9.15. The van der Waals surface area contributed by atoms with Gasteiger partial charge in [0.25, 0.3) is 0 Å². The number of rotatable bonds is 4. The molecule has 2 aromatic rings. The third-order valence-electron chi connectivity index (χ3n) is 6.74. The van der Waals surface area contributed by atoms with E-state index in [4.69, 9.17) is 4.98 Å². The fourth-order valence-electron chi connectivity index (χ4n) is 4.69. The Balaban J connectivity index is 1.45. The molecule has 1 atom stereocenters. The summed E-state index contributed by atoms with van der Waals surface area (Å²) in [6.07, 6.45) is 4.16. The number of carbonyl (C=O) groups excluding carboxylic acids is 1. The number of hydrogen-bond donors (Lipinski definition) is 2. The van der Waals surface area contributed by atoms with Gasteiger partial charge in [0.2, 0.25) is 5.91 Å². The van der Waals surface area contributed by atoms with Gasteiger partial charge in [0.1, 0.15) is 6.04 Å². The van der Waals surface area contributed by atoms with Gasteiger partial charge in [0.05, 0.1) is 10.5 Å². The van der Waals surface area contributed by atoms with Gasteiger partial charge in [-0.3, -0.25) is 9.78 Å². The Hall–Kier alpha value is -2.21. The summed E-state index contributed by atoms with van der Waals surface area (Å²) in [6, 6.07) is 9.32. The number of fused-ring (bicyclic) bond motifs is 1. The topological polar surface area (TPSA) is 57.3 Å². The number of nitrogens with one attached hydrogen (secondary N) is 2. The molecule has 6 heteroatoms. The van der Waals surface area contributed by atoms with Crippen LogP contribution in [-0.4, -0.2) is 46.7 Å². The lowest BCUT2D eigenvalue weighted by atomic mass is 9.88. The number of hydrogen-bond acceptors (Lipinski definition) is 5. The van der Waals surface area contributed by atoms with Crippen molar-refractivity contribution in [1.82, 2.24) is 15.2 Å². The molecular weight excluding hydrogens is 416 g/mol. The van der Waals surface area contributed by atoms with E-state index in [1.54, 1.807) is 11.8 Å². The summed E-state index contributed by atoms with van der Waals surface area (Å²) in [6.45, 7) is 12.7.